The standard InChI is InChI=1S/C6H11NO/c1-5-4-6(2)8-7(5)3/h4-5H,1-3H3. The molecule has 1 aliphatic rings. The molecular formula is C6H11NO. The average Bonchev–Trinajstić information content (AvgIpc) is 1.85. The molecule has 1 atom stereocenters. The first-order chi connectivity index (χ1) is 3.70. The molecule has 0 aromatic heterocycles. The van der Waals surface area contributed by atoms with Crippen LogP contribution in [0.3, 0.4) is 0 Å². The molecule has 0 saturated carbocycles. The van der Waals surface area contributed by atoms with Crippen LogP contribution < -0.4 is 0 Å². The topological polar surface area (TPSA) is 12.5 Å². The molecular weight excluding hydrogens is 102 g/mol. The number of hydrogen-bond acceptors (Lipinski definition) is 2. The van der Waals surface area contributed by atoms with Crippen molar-refractivity contribution in [3.05, 3.63) is 11.8 Å². The van der Waals surface area contributed by atoms with Crippen LogP contribution in [0, 0.1) is 0 Å². The van der Waals surface area contributed by atoms with E-state index in [9.17, 15) is 0 Å². The van der Waals surface area contributed by atoms with Gasteiger partial charge in [0, 0.05) is 7.05 Å². The van der Waals surface area contributed by atoms with Crippen molar-refractivity contribution in [3.63, 3.8) is 0 Å². The maximum absolute atomic E-state index is 5.17. The first-order valence-corrected chi connectivity index (χ1v) is 2.79. The summed E-state index contributed by atoms with van der Waals surface area (Å²) in [5.74, 6) is 1.00. The molecule has 46 valence electrons. The molecule has 0 spiro atoms. The number of likely N-dealkylation sites (N-methyl/N-ethyl adjacent to an activating group) is 1. The Morgan fingerprint density at radius 2 is 2.38 bits per heavy atom. The smallest absolute Gasteiger partial charge is 0.119 e. The van der Waals surface area contributed by atoms with E-state index in [0.717, 1.165) is 5.76 Å². The first kappa shape index (κ1) is 5.63. The minimum Gasteiger partial charge on any atom is -0.411 e. The molecule has 8 heavy (non-hydrogen) atoms. The number of allylic oxidation sites excluding steroid dienone is 1. The summed E-state index contributed by atoms with van der Waals surface area (Å²) in [7, 11) is 1.93. The molecule has 2 heteroatoms. The zero-order valence-electron chi connectivity index (χ0n) is 5.51. The Balaban J connectivity index is 2.56. The minimum atomic E-state index is 0.440. The molecule has 0 aliphatic carbocycles. The maximum Gasteiger partial charge on any atom is 0.119 e. The van der Waals surface area contributed by atoms with Gasteiger partial charge in [-0.3, -0.25) is 0 Å². The molecule has 0 saturated heterocycles. The van der Waals surface area contributed by atoms with Crippen LogP contribution in [0.5, 0.6) is 0 Å². The van der Waals surface area contributed by atoms with Crippen LogP contribution in [0.2, 0.25) is 0 Å². The molecule has 1 aliphatic heterocycles. The lowest BCUT2D eigenvalue weighted by Crippen LogP contribution is -2.20. The van der Waals surface area contributed by atoms with Gasteiger partial charge in [0.25, 0.3) is 0 Å². The predicted molar refractivity (Wildman–Crippen MR) is 32.1 cm³/mol. The van der Waals surface area contributed by atoms with Crippen molar-refractivity contribution in [2.45, 2.75) is 19.9 Å². The van der Waals surface area contributed by atoms with Crippen LogP contribution in [-0.2, 0) is 4.84 Å². The maximum atomic E-state index is 5.17. The Hall–Kier alpha value is -0.500. The number of hydrogen-bond donors (Lipinski definition) is 0. The third-order valence-electron chi connectivity index (χ3n) is 1.34. The minimum absolute atomic E-state index is 0.440. The molecule has 0 amide bonds. The van der Waals surface area contributed by atoms with Gasteiger partial charge in [0.1, 0.15) is 5.76 Å². The van der Waals surface area contributed by atoms with E-state index >= 15 is 0 Å². The summed E-state index contributed by atoms with van der Waals surface area (Å²) in [5, 5.41) is 1.83. The number of nitrogens with zero attached hydrogens (tertiary/aromatic N) is 1. The highest BCUT2D eigenvalue weighted by molar-refractivity contribution is 4.99. The van der Waals surface area contributed by atoms with Crippen LogP contribution >= 0.6 is 0 Å². The quantitative estimate of drug-likeness (QED) is 0.467. The highest BCUT2D eigenvalue weighted by Crippen LogP contribution is 2.13. The van der Waals surface area contributed by atoms with Gasteiger partial charge in [-0.1, -0.05) is 0 Å². The molecule has 0 aromatic rings. The van der Waals surface area contributed by atoms with Crippen molar-refractivity contribution >= 4 is 0 Å². The van der Waals surface area contributed by atoms with E-state index in [-0.39, 0.29) is 0 Å². The van der Waals surface area contributed by atoms with Gasteiger partial charge in [-0.15, -0.1) is 5.06 Å². The Bertz CT molecular complexity index is 120. The summed E-state index contributed by atoms with van der Waals surface area (Å²) in [6.45, 7) is 4.05. The van der Waals surface area contributed by atoms with Gasteiger partial charge in [0.05, 0.1) is 6.04 Å². The Morgan fingerprint density at radius 3 is 2.50 bits per heavy atom. The molecule has 1 heterocycles. The van der Waals surface area contributed by atoms with Crippen LogP contribution in [-0.4, -0.2) is 18.2 Å². The summed E-state index contributed by atoms with van der Waals surface area (Å²) in [4.78, 5) is 5.17. The van der Waals surface area contributed by atoms with Crippen molar-refractivity contribution < 1.29 is 4.84 Å². The van der Waals surface area contributed by atoms with Crippen molar-refractivity contribution in [1.29, 1.82) is 0 Å². The molecule has 0 fully saturated rings. The van der Waals surface area contributed by atoms with Gasteiger partial charge in [-0.05, 0) is 19.9 Å². The predicted octanol–water partition coefficient (Wildman–Crippen LogP) is 1.16. The van der Waals surface area contributed by atoms with Gasteiger partial charge in [-0.2, -0.15) is 0 Å². The van der Waals surface area contributed by atoms with E-state index < -0.39 is 0 Å². The summed E-state index contributed by atoms with van der Waals surface area (Å²) >= 11 is 0. The lowest BCUT2D eigenvalue weighted by Gasteiger charge is -2.12. The first-order valence-electron chi connectivity index (χ1n) is 2.79. The van der Waals surface area contributed by atoms with E-state index in [4.69, 9.17) is 4.84 Å². The zero-order valence-corrected chi connectivity index (χ0v) is 5.51. The summed E-state index contributed by atoms with van der Waals surface area (Å²) in [5.41, 5.74) is 0. The lowest BCUT2D eigenvalue weighted by atomic mass is 10.3. The summed E-state index contributed by atoms with van der Waals surface area (Å²) < 4.78 is 0. The molecule has 0 radical (unpaired) electrons. The third kappa shape index (κ3) is 0.842. The second kappa shape index (κ2) is 1.78. The molecule has 0 bridgehead atoms. The number of hydroxylamine groups is 2. The molecule has 2 nitrogen and oxygen atoms in total. The van der Waals surface area contributed by atoms with Crippen molar-refractivity contribution in [2.24, 2.45) is 0 Å². The molecule has 0 aromatic carbocycles. The van der Waals surface area contributed by atoms with E-state index in [0.29, 0.717) is 6.04 Å². The largest absolute Gasteiger partial charge is 0.411 e. The third-order valence-corrected chi connectivity index (χ3v) is 1.34. The normalized spacial score (nSPS) is 29.9. The van der Waals surface area contributed by atoms with Gasteiger partial charge in [0.15, 0.2) is 0 Å². The van der Waals surface area contributed by atoms with E-state index in [1.54, 1.807) is 0 Å². The molecule has 1 unspecified atom stereocenters. The van der Waals surface area contributed by atoms with Gasteiger partial charge in [0.2, 0.25) is 0 Å². The fourth-order valence-electron chi connectivity index (χ4n) is 0.785. The molecule has 1 rings (SSSR count). The van der Waals surface area contributed by atoms with Gasteiger partial charge >= 0.3 is 0 Å². The van der Waals surface area contributed by atoms with Crippen molar-refractivity contribution in [3.8, 4) is 0 Å². The fourth-order valence-corrected chi connectivity index (χ4v) is 0.785. The van der Waals surface area contributed by atoms with Crippen LogP contribution in [0.4, 0.5) is 0 Å². The van der Waals surface area contributed by atoms with Crippen molar-refractivity contribution in [1.82, 2.24) is 5.06 Å². The Labute approximate surface area is 49.7 Å². The second-order valence-electron chi connectivity index (χ2n) is 2.16. The Morgan fingerprint density at radius 1 is 1.75 bits per heavy atom. The van der Waals surface area contributed by atoms with Gasteiger partial charge < -0.3 is 4.84 Å². The zero-order chi connectivity index (χ0) is 6.15. The van der Waals surface area contributed by atoms with E-state index in [1.165, 1.54) is 0 Å². The summed E-state index contributed by atoms with van der Waals surface area (Å²) in [6.07, 6.45) is 2.08. The SMILES string of the molecule is CC1=CC(C)N(C)O1. The van der Waals surface area contributed by atoms with Crippen LogP contribution in [0.1, 0.15) is 13.8 Å². The highest BCUT2D eigenvalue weighted by atomic mass is 16.7. The average molecular weight is 113 g/mol. The van der Waals surface area contributed by atoms with Crippen LogP contribution in [0.15, 0.2) is 11.8 Å². The van der Waals surface area contributed by atoms with E-state index in [2.05, 4.69) is 13.0 Å². The highest BCUT2D eigenvalue weighted by Gasteiger charge is 2.14. The van der Waals surface area contributed by atoms with E-state index in [1.807, 2.05) is 19.0 Å². The Kier molecular flexibility index (Phi) is 1.26. The van der Waals surface area contributed by atoms with Crippen LogP contribution in [0.25, 0.3) is 0 Å². The van der Waals surface area contributed by atoms with Crippen molar-refractivity contribution in [2.75, 3.05) is 7.05 Å². The monoisotopic (exact) mass is 113 g/mol. The molecule has 0 N–H and O–H groups in total. The number of rotatable bonds is 0. The lowest BCUT2D eigenvalue weighted by molar-refractivity contribution is -0.0887. The fraction of sp³-hybridized carbons (Fsp3) is 0.667. The second-order valence-corrected chi connectivity index (χ2v) is 2.16. The summed E-state index contributed by atoms with van der Waals surface area (Å²) in [6, 6.07) is 0.440. The van der Waals surface area contributed by atoms with Gasteiger partial charge in [-0.25, -0.2) is 0 Å².